The minimum absolute atomic E-state index is 0.0278. The Balaban J connectivity index is 1.89. The Kier molecular flexibility index (Phi) is 4.61. The maximum Gasteiger partial charge on any atom is 0.287 e. The van der Waals surface area contributed by atoms with Gasteiger partial charge >= 0.3 is 0 Å². The average molecular weight is 403 g/mol. The fraction of sp³-hybridized carbons (Fsp3) is 0.389. The van der Waals surface area contributed by atoms with E-state index in [0.29, 0.717) is 36.2 Å². The van der Waals surface area contributed by atoms with E-state index in [0.717, 1.165) is 13.0 Å². The van der Waals surface area contributed by atoms with Gasteiger partial charge in [0.15, 0.2) is 5.82 Å². The molecule has 1 saturated heterocycles. The van der Waals surface area contributed by atoms with Crippen molar-refractivity contribution in [2.75, 3.05) is 23.3 Å². The molecule has 29 heavy (non-hydrogen) atoms. The number of amides is 1. The number of aromatic nitrogens is 5. The van der Waals surface area contributed by atoms with E-state index < -0.39 is 17.7 Å². The number of alkyl halides is 2. The van der Waals surface area contributed by atoms with Crippen LogP contribution in [0.15, 0.2) is 24.5 Å². The maximum atomic E-state index is 13.8. The van der Waals surface area contributed by atoms with Crippen molar-refractivity contribution in [2.45, 2.75) is 32.3 Å². The van der Waals surface area contributed by atoms with Gasteiger partial charge in [0.2, 0.25) is 5.91 Å². The van der Waals surface area contributed by atoms with E-state index >= 15 is 0 Å². The first-order chi connectivity index (χ1) is 13.7. The molecular weight excluding hydrogens is 384 g/mol. The fourth-order valence-electron chi connectivity index (χ4n) is 3.26. The van der Waals surface area contributed by atoms with Gasteiger partial charge in [0.05, 0.1) is 17.0 Å². The number of nitrogens with one attached hydrogen (secondary N) is 1. The third-order valence-electron chi connectivity index (χ3n) is 4.60. The molecule has 152 valence electrons. The molecule has 9 nitrogen and oxygen atoms in total. The van der Waals surface area contributed by atoms with E-state index in [-0.39, 0.29) is 17.7 Å². The van der Waals surface area contributed by atoms with Gasteiger partial charge in [-0.15, -0.1) is 5.10 Å². The summed E-state index contributed by atoms with van der Waals surface area (Å²) in [6, 6.07) is 2.73. The van der Waals surface area contributed by atoms with E-state index in [1.54, 1.807) is 12.3 Å². The molecule has 1 unspecified atom stereocenters. The van der Waals surface area contributed by atoms with E-state index in [4.69, 9.17) is 0 Å². The zero-order chi connectivity index (χ0) is 20.8. The number of nitrogens with zero attached hydrogens (tertiary/aromatic N) is 6. The molecule has 0 bridgehead atoms. The van der Waals surface area contributed by atoms with Crippen LogP contribution in [0.1, 0.15) is 26.0 Å². The Labute approximate surface area is 164 Å². The van der Waals surface area contributed by atoms with Gasteiger partial charge in [-0.1, -0.05) is 0 Å². The van der Waals surface area contributed by atoms with Gasteiger partial charge < -0.3 is 15.3 Å². The number of hydrogen-bond donors (Lipinski definition) is 2. The lowest BCUT2D eigenvalue weighted by Crippen LogP contribution is -2.22. The molecule has 1 aliphatic rings. The summed E-state index contributed by atoms with van der Waals surface area (Å²) in [5, 5.41) is 17.6. The van der Waals surface area contributed by atoms with Crippen LogP contribution in [0.4, 0.5) is 20.4 Å². The Bertz CT molecular complexity index is 1080. The summed E-state index contributed by atoms with van der Waals surface area (Å²) in [4.78, 5) is 25.6. The number of rotatable bonds is 4. The molecule has 3 aromatic rings. The Morgan fingerprint density at radius 2 is 2.17 bits per heavy atom. The quantitative estimate of drug-likeness (QED) is 0.684. The van der Waals surface area contributed by atoms with Crippen LogP contribution < -0.4 is 10.2 Å². The second-order valence-corrected chi connectivity index (χ2v) is 7.02. The second kappa shape index (κ2) is 6.99. The monoisotopic (exact) mass is 403 g/mol. The van der Waals surface area contributed by atoms with Crippen LogP contribution in [0.25, 0.3) is 16.9 Å². The molecule has 4 heterocycles. The number of aliphatic hydroxyl groups excluding tert-OH is 1. The summed E-state index contributed by atoms with van der Waals surface area (Å²) in [5.74, 6) is -2.63. The van der Waals surface area contributed by atoms with Crippen molar-refractivity contribution in [3.63, 3.8) is 0 Å². The van der Waals surface area contributed by atoms with E-state index in [9.17, 15) is 18.7 Å². The van der Waals surface area contributed by atoms with Gasteiger partial charge in [0.25, 0.3) is 11.9 Å². The number of carbonyl (C=O) groups excluding carboxylic acids is 1. The molecule has 0 saturated carbocycles. The summed E-state index contributed by atoms with van der Waals surface area (Å²) >= 11 is 0. The Morgan fingerprint density at radius 3 is 2.83 bits per heavy atom. The maximum absolute atomic E-state index is 13.8. The fourth-order valence-corrected chi connectivity index (χ4v) is 3.26. The average Bonchev–Trinajstić information content (AvgIpc) is 3.24. The largest absolute Gasteiger partial charge is 0.391 e. The third-order valence-corrected chi connectivity index (χ3v) is 4.60. The highest BCUT2D eigenvalue weighted by Crippen LogP contribution is 2.31. The molecule has 11 heteroatoms. The highest BCUT2D eigenvalue weighted by atomic mass is 19.3. The number of pyridine rings is 1. The molecular formula is C18H19F2N7O2. The number of halogens is 2. The van der Waals surface area contributed by atoms with E-state index in [2.05, 4.69) is 25.4 Å². The summed E-state index contributed by atoms with van der Waals surface area (Å²) in [7, 11) is 0. The predicted octanol–water partition coefficient (Wildman–Crippen LogP) is 1.85. The standard InChI is InChI=1S/C18H19F2N7O2/c1-10(28)23-15-7-13-12(8-22-15)16(26-6-4-11(29)9-26)25-27(13)17-21-5-3-14(24-17)18(2,19)20/h3,5,7-8,11,29H,4,6,9H2,1-2H3,(H,22,23,28). The third kappa shape index (κ3) is 3.73. The topological polar surface area (TPSA) is 109 Å². The molecule has 0 aliphatic carbocycles. The van der Waals surface area contributed by atoms with Gasteiger partial charge in [-0.3, -0.25) is 4.79 Å². The number of carbonyl (C=O) groups is 1. The number of β-amino-alcohol motifs (C(OH)–C–C–N with tert-alkyl or cyclic N) is 1. The molecule has 1 fully saturated rings. The summed E-state index contributed by atoms with van der Waals surface area (Å²) in [6.45, 7) is 3.11. The number of anilines is 2. The lowest BCUT2D eigenvalue weighted by Gasteiger charge is -2.14. The van der Waals surface area contributed by atoms with Crippen molar-refractivity contribution >= 4 is 28.4 Å². The molecule has 4 rings (SSSR count). The van der Waals surface area contributed by atoms with Gasteiger partial charge in [-0.05, 0) is 12.5 Å². The van der Waals surface area contributed by atoms with Crippen LogP contribution in [-0.2, 0) is 10.7 Å². The summed E-state index contributed by atoms with van der Waals surface area (Å²) in [6.07, 6.45) is 2.92. The van der Waals surface area contributed by atoms with Gasteiger partial charge in [0.1, 0.15) is 11.5 Å². The van der Waals surface area contributed by atoms with E-state index in [1.165, 1.54) is 17.8 Å². The highest BCUT2D eigenvalue weighted by Gasteiger charge is 2.29. The molecule has 1 amide bonds. The molecule has 0 spiro atoms. The van der Waals surface area contributed by atoms with Crippen molar-refractivity contribution < 1.29 is 18.7 Å². The number of aliphatic hydroxyl groups is 1. The zero-order valence-corrected chi connectivity index (χ0v) is 15.8. The lowest BCUT2D eigenvalue weighted by atomic mass is 10.2. The minimum Gasteiger partial charge on any atom is -0.391 e. The van der Waals surface area contributed by atoms with Gasteiger partial charge in [-0.2, -0.15) is 13.5 Å². The lowest BCUT2D eigenvalue weighted by molar-refractivity contribution is -0.114. The predicted molar refractivity (Wildman–Crippen MR) is 101 cm³/mol. The van der Waals surface area contributed by atoms with Crippen molar-refractivity contribution in [3.05, 3.63) is 30.2 Å². The molecule has 1 aliphatic heterocycles. The van der Waals surface area contributed by atoms with E-state index in [1.807, 2.05) is 4.90 Å². The van der Waals surface area contributed by atoms with Crippen LogP contribution in [-0.4, -0.2) is 54.9 Å². The normalized spacial score (nSPS) is 17.1. The first-order valence-corrected chi connectivity index (χ1v) is 9.03. The Hall–Kier alpha value is -3.21. The number of hydrogen-bond acceptors (Lipinski definition) is 7. The second-order valence-electron chi connectivity index (χ2n) is 7.02. The smallest absolute Gasteiger partial charge is 0.287 e. The van der Waals surface area contributed by atoms with Crippen LogP contribution >= 0.6 is 0 Å². The number of fused-ring (bicyclic) bond motifs is 1. The minimum atomic E-state index is -3.13. The van der Waals surface area contributed by atoms with Crippen LogP contribution in [0.5, 0.6) is 0 Å². The zero-order valence-electron chi connectivity index (χ0n) is 15.8. The summed E-state index contributed by atoms with van der Waals surface area (Å²) < 4.78 is 28.8. The molecule has 1 atom stereocenters. The molecule has 2 N–H and O–H groups in total. The van der Waals surface area contributed by atoms with Crippen molar-refractivity contribution in [1.82, 2.24) is 24.7 Å². The van der Waals surface area contributed by atoms with Crippen molar-refractivity contribution in [3.8, 4) is 5.95 Å². The van der Waals surface area contributed by atoms with Crippen LogP contribution in [0.3, 0.4) is 0 Å². The first kappa shape index (κ1) is 19.1. The van der Waals surface area contributed by atoms with Crippen molar-refractivity contribution in [2.24, 2.45) is 0 Å². The molecule has 0 radical (unpaired) electrons. The molecule has 3 aromatic heterocycles. The van der Waals surface area contributed by atoms with Crippen molar-refractivity contribution in [1.29, 1.82) is 0 Å². The molecule has 0 aromatic carbocycles. The highest BCUT2D eigenvalue weighted by molar-refractivity contribution is 5.95. The SMILES string of the molecule is CC(=O)Nc1cc2c(cn1)c(N1CCC(O)C1)nn2-c1nccc(C(C)(F)F)n1. The van der Waals surface area contributed by atoms with Crippen LogP contribution in [0.2, 0.25) is 0 Å². The Morgan fingerprint density at radius 1 is 1.38 bits per heavy atom. The van der Waals surface area contributed by atoms with Gasteiger partial charge in [0, 0.05) is 45.4 Å². The first-order valence-electron chi connectivity index (χ1n) is 9.03. The van der Waals surface area contributed by atoms with Crippen LogP contribution in [0, 0.1) is 0 Å². The summed E-state index contributed by atoms with van der Waals surface area (Å²) in [5.41, 5.74) is 0.0668. The van der Waals surface area contributed by atoms with Gasteiger partial charge in [-0.25, -0.2) is 15.0 Å².